The normalized spacial score (nSPS) is 12.0. The standard InChI is InChI=1S/C27H25N3O3/c1-19-7-10-21(11-8-19)27-22(17-30(29-27)23-5-3-2-4-6-23)12-14-26(31)28-16-20-9-13-24-25(15-20)33-18-32-24/h2-11,13,15,17H,12,14,16,18H2,1H3,(H,28,31). The topological polar surface area (TPSA) is 65.4 Å². The summed E-state index contributed by atoms with van der Waals surface area (Å²) in [6.07, 6.45) is 3.00. The summed E-state index contributed by atoms with van der Waals surface area (Å²) in [5.41, 5.74) is 6.16. The van der Waals surface area contributed by atoms with Crippen LogP contribution in [0.1, 0.15) is 23.1 Å². The molecule has 0 spiro atoms. The number of carbonyl (C=O) groups excluding carboxylic acids is 1. The molecule has 1 aliphatic heterocycles. The van der Waals surface area contributed by atoms with Crippen LogP contribution in [0.15, 0.2) is 79.0 Å². The van der Waals surface area contributed by atoms with E-state index < -0.39 is 0 Å². The van der Waals surface area contributed by atoms with Crippen molar-refractivity contribution in [2.24, 2.45) is 0 Å². The van der Waals surface area contributed by atoms with E-state index in [1.54, 1.807) is 0 Å². The average Bonchev–Trinajstić information content (AvgIpc) is 3.49. The van der Waals surface area contributed by atoms with Crippen LogP contribution in [-0.2, 0) is 17.8 Å². The molecule has 33 heavy (non-hydrogen) atoms. The first-order chi connectivity index (χ1) is 16.2. The van der Waals surface area contributed by atoms with E-state index in [0.29, 0.717) is 19.4 Å². The van der Waals surface area contributed by atoms with Crippen molar-refractivity contribution in [3.63, 3.8) is 0 Å². The van der Waals surface area contributed by atoms with Gasteiger partial charge in [0.25, 0.3) is 0 Å². The Hall–Kier alpha value is -4.06. The molecule has 1 amide bonds. The number of hydrogen-bond donors (Lipinski definition) is 1. The minimum absolute atomic E-state index is 0.00464. The van der Waals surface area contributed by atoms with Crippen LogP contribution in [0.5, 0.6) is 11.5 Å². The lowest BCUT2D eigenvalue weighted by atomic mass is 10.0. The lowest BCUT2D eigenvalue weighted by Crippen LogP contribution is -2.23. The summed E-state index contributed by atoms with van der Waals surface area (Å²) < 4.78 is 12.6. The van der Waals surface area contributed by atoms with Gasteiger partial charge in [-0.1, -0.05) is 54.1 Å². The highest BCUT2D eigenvalue weighted by Crippen LogP contribution is 2.32. The number of fused-ring (bicyclic) bond motifs is 1. The fraction of sp³-hybridized carbons (Fsp3) is 0.185. The molecule has 0 atom stereocenters. The number of carbonyl (C=O) groups is 1. The lowest BCUT2D eigenvalue weighted by molar-refractivity contribution is -0.121. The monoisotopic (exact) mass is 439 g/mol. The number of hydrogen-bond acceptors (Lipinski definition) is 4. The molecule has 1 aromatic heterocycles. The third kappa shape index (κ3) is 4.75. The first kappa shape index (κ1) is 20.8. The van der Waals surface area contributed by atoms with Crippen molar-refractivity contribution in [1.82, 2.24) is 15.1 Å². The highest BCUT2D eigenvalue weighted by atomic mass is 16.7. The van der Waals surface area contributed by atoms with Gasteiger partial charge in [0.15, 0.2) is 11.5 Å². The van der Waals surface area contributed by atoms with Gasteiger partial charge in [-0.3, -0.25) is 4.79 Å². The van der Waals surface area contributed by atoms with Gasteiger partial charge in [0.1, 0.15) is 0 Å². The molecule has 6 heteroatoms. The molecular formula is C27H25N3O3. The van der Waals surface area contributed by atoms with Gasteiger partial charge in [0.05, 0.1) is 11.4 Å². The van der Waals surface area contributed by atoms with Crippen molar-refractivity contribution < 1.29 is 14.3 Å². The summed E-state index contributed by atoms with van der Waals surface area (Å²) >= 11 is 0. The van der Waals surface area contributed by atoms with Crippen molar-refractivity contribution in [2.75, 3.05) is 6.79 Å². The summed E-state index contributed by atoms with van der Waals surface area (Å²) in [4.78, 5) is 12.6. The molecule has 3 aromatic carbocycles. The fourth-order valence-electron chi connectivity index (χ4n) is 3.85. The molecule has 0 saturated carbocycles. The molecule has 4 aromatic rings. The smallest absolute Gasteiger partial charge is 0.231 e. The predicted molar refractivity (Wildman–Crippen MR) is 126 cm³/mol. The van der Waals surface area contributed by atoms with E-state index in [0.717, 1.165) is 39.6 Å². The van der Waals surface area contributed by atoms with Crippen LogP contribution in [0.25, 0.3) is 16.9 Å². The maximum atomic E-state index is 12.6. The zero-order valence-electron chi connectivity index (χ0n) is 18.5. The molecule has 2 heterocycles. The van der Waals surface area contributed by atoms with Crippen LogP contribution in [0.3, 0.4) is 0 Å². The Balaban J connectivity index is 1.29. The molecule has 1 N–H and O–H groups in total. The summed E-state index contributed by atoms with van der Waals surface area (Å²) in [5.74, 6) is 1.46. The Morgan fingerprint density at radius 2 is 1.79 bits per heavy atom. The third-order valence-electron chi connectivity index (χ3n) is 5.68. The van der Waals surface area contributed by atoms with Crippen molar-refractivity contribution >= 4 is 5.91 Å². The molecule has 0 aliphatic carbocycles. The Labute approximate surface area is 192 Å². The quantitative estimate of drug-likeness (QED) is 0.448. The average molecular weight is 440 g/mol. The number of ether oxygens (including phenoxy) is 2. The van der Waals surface area contributed by atoms with E-state index in [-0.39, 0.29) is 12.7 Å². The van der Waals surface area contributed by atoms with Gasteiger partial charge < -0.3 is 14.8 Å². The largest absolute Gasteiger partial charge is 0.454 e. The van der Waals surface area contributed by atoms with Crippen LogP contribution in [-0.4, -0.2) is 22.5 Å². The van der Waals surface area contributed by atoms with Gasteiger partial charge in [-0.15, -0.1) is 0 Å². The van der Waals surface area contributed by atoms with Crippen molar-refractivity contribution in [3.05, 3.63) is 95.7 Å². The van der Waals surface area contributed by atoms with E-state index in [2.05, 4.69) is 36.5 Å². The molecule has 166 valence electrons. The highest BCUT2D eigenvalue weighted by Gasteiger charge is 2.15. The molecule has 0 bridgehead atoms. The second kappa shape index (κ2) is 9.20. The minimum Gasteiger partial charge on any atom is -0.454 e. The number of aryl methyl sites for hydroxylation is 2. The number of benzene rings is 3. The Morgan fingerprint density at radius 1 is 1.00 bits per heavy atom. The maximum absolute atomic E-state index is 12.6. The van der Waals surface area contributed by atoms with Gasteiger partial charge >= 0.3 is 0 Å². The molecule has 6 nitrogen and oxygen atoms in total. The van der Waals surface area contributed by atoms with E-state index in [1.807, 2.05) is 59.4 Å². The highest BCUT2D eigenvalue weighted by molar-refractivity contribution is 5.76. The van der Waals surface area contributed by atoms with Crippen LogP contribution >= 0.6 is 0 Å². The number of para-hydroxylation sites is 1. The summed E-state index contributed by atoms with van der Waals surface area (Å²) in [6.45, 7) is 2.76. The lowest BCUT2D eigenvalue weighted by Gasteiger charge is -2.07. The third-order valence-corrected chi connectivity index (χ3v) is 5.68. The number of nitrogens with zero attached hydrogens (tertiary/aromatic N) is 2. The Bertz CT molecular complexity index is 1260. The van der Waals surface area contributed by atoms with Crippen LogP contribution in [0.2, 0.25) is 0 Å². The van der Waals surface area contributed by atoms with Gasteiger partial charge in [-0.2, -0.15) is 5.10 Å². The molecule has 0 saturated heterocycles. The van der Waals surface area contributed by atoms with Gasteiger partial charge in [-0.05, 0) is 48.7 Å². The van der Waals surface area contributed by atoms with E-state index in [4.69, 9.17) is 14.6 Å². The van der Waals surface area contributed by atoms with Crippen LogP contribution in [0.4, 0.5) is 0 Å². The number of rotatable bonds is 7. The predicted octanol–water partition coefficient (Wildman–Crippen LogP) is 4.83. The Kier molecular flexibility index (Phi) is 5.81. The molecule has 0 radical (unpaired) electrons. The van der Waals surface area contributed by atoms with Gasteiger partial charge in [0, 0.05) is 24.7 Å². The van der Waals surface area contributed by atoms with Crippen LogP contribution in [0, 0.1) is 6.92 Å². The molecule has 5 rings (SSSR count). The second-order valence-corrected chi connectivity index (χ2v) is 8.11. The second-order valence-electron chi connectivity index (χ2n) is 8.11. The van der Waals surface area contributed by atoms with Crippen molar-refractivity contribution in [3.8, 4) is 28.4 Å². The zero-order valence-corrected chi connectivity index (χ0v) is 18.5. The molecular weight excluding hydrogens is 414 g/mol. The van der Waals surface area contributed by atoms with E-state index in [9.17, 15) is 4.79 Å². The van der Waals surface area contributed by atoms with Crippen molar-refractivity contribution in [2.45, 2.75) is 26.3 Å². The summed E-state index contributed by atoms with van der Waals surface area (Å²) in [7, 11) is 0. The van der Waals surface area contributed by atoms with Gasteiger partial charge in [0.2, 0.25) is 12.7 Å². The van der Waals surface area contributed by atoms with E-state index in [1.165, 1.54) is 5.56 Å². The van der Waals surface area contributed by atoms with Crippen LogP contribution < -0.4 is 14.8 Å². The minimum atomic E-state index is -0.00464. The maximum Gasteiger partial charge on any atom is 0.231 e. The Morgan fingerprint density at radius 3 is 2.61 bits per heavy atom. The SMILES string of the molecule is Cc1ccc(-c2nn(-c3ccccc3)cc2CCC(=O)NCc2ccc3c(c2)OCO3)cc1. The fourth-order valence-corrected chi connectivity index (χ4v) is 3.85. The van der Waals surface area contributed by atoms with E-state index >= 15 is 0 Å². The number of amides is 1. The summed E-state index contributed by atoms with van der Waals surface area (Å²) in [5, 5.41) is 7.85. The molecule has 0 unspecified atom stereocenters. The number of aromatic nitrogens is 2. The molecule has 0 fully saturated rings. The summed E-state index contributed by atoms with van der Waals surface area (Å²) in [6, 6.07) is 24.0. The molecule has 1 aliphatic rings. The van der Waals surface area contributed by atoms with Gasteiger partial charge in [-0.25, -0.2) is 4.68 Å². The first-order valence-corrected chi connectivity index (χ1v) is 11.0. The van der Waals surface area contributed by atoms with Crippen molar-refractivity contribution in [1.29, 1.82) is 0 Å². The zero-order chi connectivity index (χ0) is 22.6. The number of nitrogens with one attached hydrogen (secondary N) is 1. The first-order valence-electron chi connectivity index (χ1n) is 11.0.